The summed E-state index contributed by atoms with van der Waals surface area (Å²) in [6, 6.07) is 9.36. The molecule has 2 aromatic carbocycles. The summed E-state index contributed by atoms with van der Waals surface area (Å²) in [6.07, 6.45) is -1.97. The van der Waals surface area contributed by atoms with Gasteiger partial charge in [-0.1, -0.05) is 0 Å². The lowest BCUT2D eigenvalue weighted by atomic mass is 10.1. The van der Waals surface area contributed by atoms with Gasteiger partial charge in [0, 0.05) is 18.5 Å². The summed E-state index contributed by atoms with van der Waals surface area (Å²) in [4.78, 5) is 6.45. The average molecular weight is 414 g/mol. The van der Waals surface area contributed by atoms with Gasteiger partial charge >= 0.3 is 11.7 Å². The molecule has 8 heteroatoms. The smallest absolute Gasteiger partial charge is 0.357 e. The number of benzene rings is 2. The second-order valence-electron chi connectivity index (χ2n) is 6.26. The van der Waals surface area contributed by atoms with E-state index in [0.717, 1.165) is 23.4 Å². The number of aliphatic imine (C=N–C) groups is 1. The lowest BCUT2D eigenvalue weighted by Crippen LogP contribution is -2.21. The van der Waals surface area contributed by atoms with Crippen LogP contribution >= 0.6 is 11.8 Å². The fraction of sp³-hybridized carbons (Fsp3) is 0.350. The standard InChI is InChI=1S/C20H22F4N2OS/c1-5-26(4)12-25-17-10-14(3)18(11-13(17)2)27-15-6-8-16(9-7-15)28-20(23,24)19(21)22/h6-12,19H,5H2,1-4H3. The van der Waals surface area contributed by atoms with Crippen molar-refractivity contribution < 1.29 is 22.3 Å². The van der Waals surface area contributed by atoms with E-state index in [0.29, 0.717) is 11.5 Å². The highest BCUT2D eigenvalue weighted by atomic mass is 32.2. The highest BCUT2D eigenvalue weighted by Crippen LogP contribution is 2.41. The molecule has 28 heavy (non-hydrogen) atoms. The molecular weight excluding hydrogens is 392 g/mol. The van der Waals surface area contributed by atoms with Crippen molar-refractivity contribution in [3.8, 4) is 11.5 Å². The SMILES string of the molecule is CCN(C)C=Nc1cc(C)c(Oc2ccc(SC(F)(F)C(F)F)cc2)cc1C. The van der Waals surface area contributed by atoms with Crippen molar-refractivity contribution in [2.24, 2.45) is 4.99 Å². The maximum atomic E-state index is 13.1. The topological polar surface area (TPSA) is 24.8 Å². The van der Waals surface area contributed by atoms with Gasteiger partial charge in [0.15, 0.2) is 0 Å². The minimum atomic E-state index is -4.13. The number of alkyl halides is 4. The second kappa shape index (κ2) is 9.32. The van der Waals surface area contributed by atoms with Gasteiger partial charge in [0.25, 0.3) is 0 Å². The summed E-state index contributed by atoms with van der Waals surface area (Å²) < 4.78 is 56.6. The third kappa shape index (κ3) is 5.89. The molecule has 0 bridgehead atoms. The Bertz CT molecular complexity index is 826. The predicted octanol–water partition coefficient (Wildman–Crippen LogP) is 6.66. The van der Waals surface area contributed by atoms with Gasteiger partial charge in [-0.25, -0.2) is 13.8 Å². The van der Waals surface area contributed by atoms with E-state index in [2.05, 4.69) is 4.99 Å². The van der Waals surface area contributed by atoms with Crippen molar-refractivity contribution in [3.05, 3.63) is 47.5 Å². The summed E-state index contributed by atoms with van der Waals surface area (Å²) in [6.45, 7) is 6.67. The Balaban J connectivity index is 2.13. The first-order chi connectivity index (χ1) is 13.1. The van der Waals surface area contributed by atoms with Gasteiger partial charge in [0.1, 0.15) is 11.5 Å². The van der Waals surface area contributed by atoms with Gasteiger partial charge in [-0.15, -0.1) is 0 Å². The number of ether oxygens (including phenoxy) is 1. The van der Waals surface area contributed by atoms with Crippen LogP contribution in [0.5, 0.6) is 11.5 Å². The molecule has 0 heterocycles. The monoisotopic (exact) mass is 414 g/mol. The maximum absolute atomic E-state index is 13.1. The second-order valence-corrected chi connectivity index (χ2v) is 7.48. The Hall–Kier alpha value is -2.22. The van der Waals surface area contributed by atoms with Gasteiger partial charge in [-0.3, -0.25) is 0 Å². The molecule has 3 nitrogen and oxygen atoms in total. The molecule has 0 amide bonds. The van der Waals surface area contributed by atoms with Gasteiger partial charge in [0.05, 0.1) is 12.0 Å². The van der Waals surface area contributed by atoms with Gasteiger partial charge < -0.3 is 9.64 Å². The van der Waals surface area contributed by atoms with Crippen LogP contribution in [0.25, 0.3) is 0 Å². The Morgan fingerprint density at radius 2 is 1.79 bits per heavy atom. The summed E-state index contributed by atoms with van der Waals surface area (Å²) in [5.74, 6) is 1.03. The van der Waals surface area contributed by atoms with E-state index in [9.17, 15) is 17.6 Å². The Labute approximate surface area is 166 Å². The Morgan fingerprint density at radius 1 is 1.14 bits per heavy atom. The summed E-state index contributed by atoms with van der Waals surface area (Å²) in [5.41, 5.74) is 2.61. The quantitative estimate of drug-likeness (QED) is 0.209. The van der Waals surface area contributed by atoms with Crippen molar-refractivity contribution in [1.29, 1.82) is 0 Å². The van der Waals surface area contributed by atoms with Crippen LogP contribution in [0.1, 0.15) is 18.1 Å². The van der Waals surface area contributed by atoms with Crippen molar-refractivity contribution in [1.82, 2.24) is 4.90 Å². The fourth-order valence-electron chi connectivity index (χ4n) is 2.17. The van der Waals surface area contributed by atoms with Gasteiger partial charge in [0.2, 0.25) is 0 Å². The highest BCUT2D eigenvalue weighted by molar-refractivity contribution is 8.00. The zero-order valence-corrected chi connectivity index (χ0v) is 16.9. The van der Waals surface area contributed by atoms with E-state index in [4.69, 9.17) is 4.74 Å². The first-order valence-electron chi connectivity index (χ1n) is 8.61. The number of hydrogen-bond donors (Lipinski definition) is 0. The molecule has 0 aromatic heterocycles. The lowest BCUT2D eigenvalue weighted by molar-refractivity contribution is -0.0563. The lowest BCUT2D eigenvalue weighted by Gasteiger charge is -2.15. The number of halogens is 4. The van der Waals surface area contributed by atoms with Crippen LogP contribution in [-0.4, -0.2) is 36.5 Å². The van der Waals surface area contributed by atoms with E-state index in [1.54, 1.807) is 6.34 Å². The first-order valence-corrected chi connectivity index (χ1v) is 9.42. The molecule has 2 aromatic rings. The number of hydrogen-bond acceptors (Lipinski definition) is 3. The Kier molecular flexibility index (Phi) is 7.35. The number of thioether (sulfide) groups is 1. The minimum Gasteiger partial charge on any atom is -0.457 e. The van der Waals surface area contributed by atoms with Crippen LogP contribution in [0.15, 0.2) is 46.3 Å². The molecule has 0 aliphatic rings. The fourth-order valence-corrected chi connectivity index (χ4v) is 2.85. The van der Waals surface area contributed by atoms with E-state index in [1.165, 1.54) is 24.3 Å². The number of aryl methyl sites for hydroxylation is 2. The molecule has 0 aliphatic heterocycles. The molecule has 0 radical (unpaired) electrons. The zero-order valence-electron chi connectivity index (χ0n) is 16.0. The first kappa shape index (κ1) is 22.1. The van der Waals surface area contributed by atoms with Crippen LogP contribution in [-0.2, 0) is 0 Å². The third-order valence-electron chi connectivity index (χ3n) is 3.95. The maximum Gasteiger partial charge on any atom is 0.357 e. The Morgan fingerprint density at radius 3 is 2.36 bits per heavy atom. The average Bonchev–Trinajstić information content (AvgIpc) is 2.64. The van der Waals surface area contributed by atoms with E-state index in [-0.39, 0.29) is 16.7 Å². The van der Waals surface area contributed by atoms with Crippen LogP contribution < -0.4 is 4.74 Å². The molecule has 2 rings (SSSR count). The summed E-state index contributed by atoms with van der Waals surface area (Å²) >= 11 is -0.173. The minimum absolute atomic E-state index is 0.0373. The predicted molar refractivity (Wildman–Crippen MR) is 106 cm³/mol. The molecule has 0 saturated carbocycles. The third-order valence-corrected chi connectivity index (χ3v) is 4.90. The zero-order chi connectivity index (χ0) is 20.9. The summed E-state index contributed by atoms with van der Waals surface area (Å²) in [5, 5.41) is -4.13. The van der Waals surface area contributed by atoms with Crippen LogP contribution in [0.2, 0.25) is 0 Å². The van der Waals surface area contributed by atoms with E-state index < -0.39 is 11.7 Å². The van der Waals surface area contributed by atoms with Crippen LogP contribution in [0, 0.1) is 13.8 Å². The molecule has 0 unspecified atom stereocenters. The van der Waals surface area contributed by atoms with Crippen molar-refractivity contribution in [2.75, 3.05) is 13.6 Å². The molecule has 0 spiro atoms. The van der Waals surface area contributed by atoms with Crippen molar-refractivity contribution in [2.45, 2.75) is 37.3 Å². The van der Waals surface area contributed by atoms with Crippen molar-refractivity contribution >= 4 is 23.8 Å². The van der Waals surface area contributed by atoms with Crippen molar-refractivity contribution in [3.63, 3.8) is 0 Å². The normalized spacial score (nSPS) is 12.0. The molecule has 0 atom stereocenters. The molecule has 0 saturated heterocycles. The summed E-state index contributed by atoms with van der Waals surface area (Å²) in [7, 11) is 1.93. The molecule has 152 valence electrons. The van der Waals surface area contributed by atoms with E-state index in [1.807, 2.05) is 44.9 Å². The number of nitrogens with zero attached hydrogens (tertiary/aromatic N) is 2. The van der Waals surface area contributed by atoms with Crippen LogP contribution in [0.3, 0.4) is 0 Å². The van der Waals surface area contributed by atoms with Crippen LogP contribution in [0.4, 0.5) is 23.2 Å². The number of rotatable bonds is 8. The van der Waals surface area contributed by atoms with Gasteiger partial charge in [-0.05, 0) is 80.1 Å². The molecule has 0 fully saturated rings. The molecule has 0 N–H and O–H groups in total. The van der Waals surface area contributed by atoms with Gasteiger partial charge in [-0.2, -0.15) is 8.78 Å². The molecular formula is C20H22F4N2OS. The highest BCUT2D eigenvalue weighted by Gasteiger charge is 2.41. The van der Waals surface area contributed by atoms with E-state index >= 15 is 0 Å². The molecule has 0 aliphatic carbocycles. The largest absolute Gasteiger partial charge is 0.457 e.